The van der Waals surface area contributed by atoms with Crippen LogP contribution in [-0.4, -0.2) is 11.5 Å². The SMILES string of the molecule is [Li+].[S-]CCC[S-]. The molecule has 0 fully saturated rings. The Balaban J connectivity index is 0. The van der Waals surface area contributed by atoms with E-state index in [0.29, 0.717) is 0 Å². The molecule has 0 N–H and O–H groups in total. The Bertz CT molecular complexity index is 16.3. The van der Waals surface area contributed by atoms with Gasteiger partial charge < -0.3 is 25.3 Å². The third-order valence-electron chi connectivity index (χ3n) is 0.289. The van der Waals surface area contributed by atoms with Crippen LogP contribution in [0.2, 0.25) is 0 Å². The minimum Gasteiger partial charge on any atom is -0.793 e. The topological polar surface area (TPSA) is 0 Å². The number of rotatable bonds is 2. The van der Waals surface area contributed by atoms with Crippen LogP contribution in [0.4, 0.5) is 0 Å². The molecule has 0 radical (unpaired) electrons. The molecule has 0 unspecified atom stereocenters. The molecular formula is C3H6LiS2-. The second-order valence-electron chi connectivity index (χ2n) is 0.762. The fourth-order valence-corrected chi connectivity index (χ4v) is 0.530. The molecule has 0 aliphatic carbocycles. The molecule has 6 heavy (non-hydrogen) atoms. The Labute approximate surface area is 62.1 Å². The molecule has 0 spiro atoms. The van der Waals surface area contributed by atoms with E-state index in [1.165, 1.54) is 0 Å². The smallest absolute Gasteiger partial charge is 0.793 e. The predicted octanol–water partition coefficient (Wildman–Crippen LogP) is -2.53. The van der Waals surface area contributed by atoms with E-state index in [1.807, 2.05) is 0 Å². The maximum absolute atomic E-state index is 4.58. The summed E-state index contributed by atoms with van der Waals surface area (Å²) in [6.45, 7) is 0. The normalized spacial score (nSPS) is 7.00. The van der Waals surface area contributed by atoms with Crippen LogP contribution in [0.5, 0.6) is 0 Å². The van der Waals surface area contributed by atoms with Crippen LogP contribution in [0.1, 0.15) is 6.42 Å². The Morgan fingerprint density at radius 2 is 1.33 bits per heavy atom. The van der Waals surface area contributed by atoms with E-state index in [9.17, 15) is 0 Å². The van der Waals surface area contributed by atoms with Crippen LogP contribution in [0.3, 0.4) is 0 Å². The molecule has 0 atom stereocenters. The van der Waals surface area contributed by atoms with Crippen LogP contribution in [-0.2, 0) is 25.3 Å². The third-order valence-corrected chi connectivity index (χ3v) is 0.866. The van der Waals surface area contributed by atoms with Gasteiger partial charge in [0, 0.05) is 0 Å². The van der Waals surface area contributed by atoms with E-state index in [-0.39, 0.29) is 18.9 Å². The zero-order chi connectivity index (χ0) is 4.12. The molecule has 0 heterocycles. The van der Waals surface area contributed by atoms with E-state index in [1.54, 1.807) is 0 Å². The summed E-state index contributed by atoms with van der Waals surface area (Å²) in [7, 11) is 0. The van der Waals surface area contributed by atoms with Crippen molar-refractivity contribution in [3.63, 3.8) is 0 Å². The van der Waals surface area contributed by atoms with E-state index in [2.05, 4.69) is 25.3 Å². The average molecular weight is 113 g/mol. The van der Waals surface area contributed by atoms with Gasteiger partial charge in [0.15, 0.2) is 0 Å². The fraction of sp³-hybridized carbons (Fsp3) is 1.00. The molecule has 32 valence electrons. The number of hydrogen-bond donors (Lipinski definition) is 0. The molecule has 0 amide bonds. The Kier molecular flexibility index (Phi) is 16.4. The Morgan fingerprint density at radius 3 is 1.33 bits per heavy atom. The van der Waals surface area contributed by atoms with E-state index in [0.717, 1.165) is 17.9 Å². The fourth-order valence-electron chi connectivity index (χ4n) is 0.0589. The van der Waals surface area contributed by atoms with Gasteiger partial charge in [0.1, 0.15) is 0 Å². The first kappa shape index (κ1) is 10.3. The Hall–Kier alpha value is 1.30. The summed E-state index contributed by atoms with van der Waals surface area (Å²) in [5.74, 6) is 1.65. The maximum atomic E-state index is 4.58. The van der Waals surface area contributed by atoms with Gasteiger partial charge in [-0.05, 0) is 0 Å². The van der Waals surface area contributed by atoms with Crippen molar-refractivity contribution >= 4 is 25.3 Å². The monoisotopic (exact) mass is 113 g/mol. The van der Waals surface area contributed by atoms with Gasteiger partial charge in [-0.15, -0.1) is 0 Å². The minimum atomic E-state index is 0. The van der Waals surface area contributed by atoms with Crippen molar-refractivity contribution < 1.29 is 18.9 Å². The van der Waals surface area contributed by atoms with Crippen molar-refractivity contribution in [1.29, 1.82) is 0 Å². The zero-order valence-corrected chi connectivity index (χ0v) is 5.57. The third kappa shape index (κ3) is 9.00. The summed E-state index contributed by atoms with van der Waals surface area (Å²) < 4.78 is 0. The summed E-state index contributed by atoms with van der Waals surface area (Å²) in [6.07, 6.45) is 1.02. The molecule has 0 saturated carbocycles. The van der Waals surface area contributed by atoms with Gasteiger partial charge in [-0.25, -0.2) is 0 Å². The standard InChI is InChI=1S/C3H8S2.Li/c4-2-1-3-5;/h4-5H,1-3H2;/q;+1/p-2. The summed E-state index contributed by atoms with van der Waals surface area (Å²) in [5, 5.41) is 0. The molecule has 0 aromatic rings. The van der Waals surface area contributed by atoms with Crippen molar-refractivity contribution in [2.24, 2.45) is 0 Å². The maximum Gasteiger partial charge on any atom is 1.00 e. The summed E-state index contributed by atoms with van der Waals surface area (Å²) in [4.78, 5) is 0. The first-order valence-electron chi connectivity index (χ1n) is 1.58. The van der Waals surface area contributed by atoms with Gasteiger partial charge in [-0.3, -0.25) is 0 Å². The van der Waals surface area contributed by atoms with Crippen LogP contribution in [0, 0.1) is 0 Å². The average Bonchev–Trinajstić information content (AvgIpc) is 1.41. The molecule has 0 aromatic carbocycles. The first-order chi connectivity index (χ1) is 2.41. The van der Waals surface area contributed by atoms with Gasteiger partial charge in [-0.2, -0.15) is 11.5 Å². The van der Waals surface area contributed by atoms with E-state index in [4.69, 9.17) is 0 Å². The van der Waals surface area contributed by atoms with Crippen molar-refractivity contribution in [3.8, 4) is 0 Å². The molecule has 0 aliphatic rings. The summed E-state index contributed by atoms with van der Waals surface area (Å²) in [6, 6.07) is 0. The second-order valence-corrected chi connectivity index (χ2v) is 1.58. The van der Waals surface area contributed by atoms with Gasteiger partial charge in [0.25, 0.3) is 0 Å². The molecule has 0 rings (SSSR count). The molecule has 0 aliphatic heterocycles. The van der Waals surface area contributed by atoms with Crippen LogP contribution < -0.4 is 18.9 Å². The minimum absolute atomic E-state index is 0. The Morgan fingerprint density at radius 1 is 1.00 bits per heavy atom. The molecule has 0 nitrogen and oxygen atoms in total. The van der Waals surface area contributed by atoms with Gasteiger partial charge >= 0.3 is 18.9 Å². The van der Waals surface area contributed by atoms with Crippen molar-refractivity contribution in [2.75, 3.05) is 11.5 Å². The summed E-state index contributed by atoms with van der Waals surface area (Å²) >= 11 is 9.17. The van der Waals surface area contributed by atoms with Gasteiger partial charge in [-0.1, -0.05) is 6.42 Å². The molecule has 3 heteroatoms. The van der Waals surface area contributed by atoms with Crippen LogP contribution >= 0.6 is 0 Å². The molecule has 0 bridgehead atoms. The largest absolute Gasteiger partial charge is 1.00 e. The molecular weight excluding hydrogens is 107 g/mol. The summed E-state index contributed by atoms with van der Waals surface area (Å²) in [5.41, 5.74) is 0. The molecule has 0 saturated heterocycles. The van der Waals surface area contributed by atoms with Gasteiger partial charge in [0.2, 0.25) is 0 Å². The predicted molar refractivity (Wildman–Crippen MR) is 29.1 cm³/mol. The second kappa shape index (κ2) is 9.57. The van der Waals surface area contributed by atoms with Crippen LogP contribution in [0.25, 0.3) is 0 Å². The van der Waals surface area contributed by atoms with Crippen molar-refractivity contribution in [3.05, 3.63) is 0 Å². The van der Waals surface area contributed by atoms with Gasteiger partial charge in [0.05, 0.1) is 0 Å². The van der Waals surface area contributed by atoms with Crippen molar-refractivity contribution in [2.45, 2.75) is 6.42 Å². The first-order valence-corrected chi connectivity index (χ1v) is 2.73. The van der Waals surface area contributed by atoms with Crippen molar-refractivity contribution in [1.82, 2.24) is 0 Å². The quantitative estimate of drug-likeness (QED) is 0.286. The van der Waals surface area contributed by atoms with Crippen LogP contribution in [0.15, 0.2) is 0 Å². The van der Waals surface area contributed by atoms with E-state index < -0.39 is 0 Å². The molecule has 0 aromatic heterocycles. The zero-order valence-electron chi connectivity index (χ0n) is 3.94. The van der Waals surface area contributed by atoms with E-state index >= 15 is 0 Å². The number of hydrogen-bond acceptors (Lipinski definition) is 2.